The van der Waals surface area contributed by atoms with Gasteiger partial charge < -0.3 is 20.9 Å². The molecule has 1 atom stereocenters. The molecule has 0 radical (unpaired) electrons. The summed E-state index contributed by atoms with van der Waals surface area (Å²) in [5.74, 6) is 1.47. The minimum Gasteiger partial charge on any atom is -0.454 e. The van der Waals surface area contributed by atoms with Crippen molar-refractivity contribution in [1.29, 1.82) is 0 Å². The summed E-state index contributed by atoms with van der Waals surface area (Å²) < 4.78 is 11.4. The monoisotopic (exact) mass is 294 g/mol. The van der Waals surface area contributed by atoms with Crippen molar-refractivity contribution in [2.45, 2.75) is 6.04 Å². The number of hydrogen-bond acceptors (Lipinski definition) is 4. The lowest BCUT2D eigenvalue weighted by atomic mass is 10.1. The summed E-state index contributed by atoms with van der Waals surface area (Å²) in [5.41, 5.74) is 12.3. The number of halogens is 2. The Morgan fingerprint density at radius 1 is 1.33 bits per heavy atom. The number of hydrogen-bond donors (Lipinski definition) is 2. The van der Waals surface area contributed by atoms with E-state index in [0.29, 0.717) is 6.54 Å². The topological polar surface area (TPSA) is 70.5 Å². The third-order valence-electron chi connectivity index (χ3n) is 2.15. The molecule has 1 aliphatic heterocycles. The Hall–Kier alpha value is -0.490. The van der Waals surface area contributed by atoms with E-state index < -0.39 is 0 Å². The number of nitrogens with two attached hydrogens (primary N) is 2. The van der Waals surface area contributed by atoms with Gasteiger partial charge in [-0.15, -0.1) is 12.4 Å². The Kier molecular flexibility index (Phi) is 4.21. The van der Waals surface area contributed by atoms with Crippen LogP contribution in [0.25, 0.3) is 0 Å². The first kappa shape index (κ1) is 12.6. The third kappa shape index (κ3) is 2.36. The molecule has 0 bridgehead atoms. The average molecular weight is 296 g/mol. The standard InChI is InChI=1S/C9H11BrN2O2.ClH/c10-6-2-9-8(13-4-14-9)1-5(6)7(12)3-11;/h1-2,7H,3-4,11-12H2;1H/t7-;/m0./s1. The lowest BCUT2D eigenvalue weighted by molar-refractivity contribution is 0.174. The summed E-state index contributed by atoms with van der Waals surface area (Å²) in [4.78, 5) is 0. The first-order valence-electron chi connectivity index (χ1n) is 4.27. The van der Waals surface area contributed by atoms with E-state index in [1.807, 2.05) is 12.1 Å². The molecule has 4 nitrogen and oxygen atoms in total. The summed E-state index contributed by atoms with van der Waals surface area (Å²) in [6.07, 6.45) is 0. The average Bonchev–Trinajstić information content (AvgIpc) is 2.62. The van der Waals surface area contributed by atoms with E-state index >= 15 is 0 Å². The third-order valence-corrected chi connectivity index (χ3v) is 2.83. The van der Waals surface area contributed by atoms with Gasteiger partial charge in [0.05, 0.1) is 0 Å². The summed E-state index contributed by atoms with van der Waals surface area (Å²) in [6, 6.07) is 3.54. The molecule has 2 rings (SSSR count). The zero-order valence-corrected chi connectivity index (χ0v) is 10.3. The second-order valence-electron chi connectivity index (χ2n) is 3.07. The van der Waals surface area contributed by atoms with Crippen molar-refractivity contribution in [2.75, 3.05) is 13.3 Å². The fourth-order valence-corrected chi connectivity index (χ4v) is 1.96. The number of benzene rings is 1. The molecule has 1 heterocycles. The second kappa shape index (κ2) is 5.03. The van der Waals surface area contributed by atoms with Crippen LogP contribution >= 0.6 is 28.3 Å². The maximum Gasteiger partial charge on any atom is 0.231 e. The van der Waals surface area contributed by atoms with Crippen molar-refractivity contribution >= 4 is 28.3 Å². The highest BCUT2D eigenvalue weighted by atomic mass is 79.9. The Bertz CT molecular complexity index is 362. The minimum absolute atomic E-state index is 0. The minimum atomic E-state index is -0.182. The van der Waals surface area contributed by atoms with E-state index in [1.54, 1.807) is 0 Å². The van der Waals surface area contributed by atoms with Crippen molar-refractivity contribution in [3.63, 3.8) is 0 Å². The SMILES string of the molecule is Cl.NC[C@H](N)c1cc2c(cc1Br)OCO2. The van der Waals surface area contributed by atoms with Gasteiger partial charge in [0.25, 0.3) is 0 Å². The van der Waals surface area contributed by atoms with Gasteiger partial charge in [0, 0.05) is 17.1 Å². The summed E-state index contributed by atoms with van der Waals surface area (Å²) in [5, 5.41) is 0. The largest absolute Gasteiger partial charge is 0.454 e. The smallest absolute Gasteiger partial charge is 0.231 e. The zero-order valence-electron chi connectivity index (χ0n) is 7.90. The van der Waals surface area contributed by atoms with Crippen molar-refractivity contribution < 1.29 is 9.47 Å². The van der Waals surface area contributed by atoms with E-state index in [2.05, 4.69) is 15.9 Å². The fraction of sp³-hybridized carbons (Fsp3) is 0.333. The molecule has 1 aliphatic rings. The molecule has 0 amide bonds. The molecule has 0 spiro atoms. The molecule has 1 aromatic rings. The number of ether oxygens (including phenoxy) is 2. The van der Waals surface area contributed by atoms with Crippen molar-refractivity contribution in [1.82, 2.24) is 0 Å². The Morgan fingerprint density at radius 3 is 2.53 bits per heavy atom. The Morgan fingerprint density at radius 2 is 1.93 bits per heavy atom. The Balaban J connectivity index is 0.00000112. The molecule has 15 heavy (non-hydrogen) atoms. The van der Waals surface area contributed by atoms with Crippen LogP contribution in [0.3, 0.4) is 0 Å². The van der Waals surface area contributed by atoms with Crippen LogP contribution in [0.2, 0.25) is 0 Å². The van der Waals surface area contributed by atoms with E-state index in [-0.39, 0.29) is 25.2 Å². The first-order chi connectivity index (χ1) is 6.72. The molecule has 0 aromatic heterocycles. The fourth-order valence-electron chi connectivity index (χ4n) is 1.34. The lowest BCUT2D eigenvalue weighted by Crippen LogP contribution is -2.21. The van der Waals surface area contributed by atoms with Gasteiger partial charge in [-0.1, -0.05) is 15.9 Å². The molecule has 6 heteroatoms. The van der Waals surface area contributed by atoms with Crippen molar-refractivity contribution in [3.8, 4) is 11.5 Å². The first-order valence-corrected chi connectivity index (χ1v) is 5.06. The van der Waals surface area contributed by atoms with Crippen LogP contribution in [0.4, 0.5) is 0 Å². The van der Waals surface area contributed by atoms with Crippen LogP contribution in [0.1, 0.15) is 11.6 Å². The highest BCUT2D eigenvalue weighted by Crippen LogP contribution is 2.38. The molecule has 0 fully saturated rings. The van der Waals surface area contributed by atoms with Gasteiger partial charge in [-0.05, 0) is 17.7 Å². The molecule has 0 saturated heterocycles. The van der Waals surface area contributed by atoms with E-state index in [0.717, 1.165) is 21.5 Å². The summed E-state index contributed by atoms with van der Waals surface area (Å²) >= 11 is 3.42. The molecular weight excluding hydrogens is 283 g/mol. The molecule has 4 N–H and O–H groups in total. The predicted octanol–water partition coefficient (Wildman–Crippen LogP) is 1.56. The van der Waals surface area contributed by atoms with Crippen LogP contribution < -0.4 is 20.9 Å². The molecule has 0 aliphatic carbocycles. The van der Waals surface area contributed by atoms with Crippen LogP contribution in [0.5, 0.6) is 11.5 Å². The maximum absolute atomic E-state index is 5.84. The van der Waals surface area contributed by atoms with E-state index in [1.165, 1.54) is 0 Å². The van der Waals surface area contributed by atoms with Gasteiger partial charge in [-0.3, -0.25) is 0 Å². The van der Waals surface area contributed by atoms with Crippen molar-refractivity contribution in [3.05, 3.63) is 22.2 Å². The van der Waals surface area contributed by atoms with Crippen LogP contribution in [-0.2, 0) is 0 Å². The predicted molar refractivity (Wildman–Crippen MR) is 63.5 cm³/mol. The highest BCUT2D eigenvalue weighted by Gasteiger charge is 2.18. The summed E-state index contributed by atoms with van der Waals surface area (Å²) in [7, 11) is 0. The van der Waals surface area contributed by atoms with Gasteiger partial charge in [0.15, 0.2) is 11.5 Å². The lowest BCUT2D eigenvalue weighted by Gasteiger charge is -2.12. The van der Waals surface area contributed by atoms with Crippen LogP contribution in [0.15, 0.2) is 16.6 Å². The normalized spacial score (nSPS) is 14.6. The second-order valence-corrected chi connectivity index (χ2v) is 3.92. The molecule has 0 saturated carbocycles. The Labute approximate surface area is 102 Å². The zero-order chi connectivity index (χ0) is 10.1. The van der Waals surface area contributed by atoms with E-state index in [4.69, 9.17) is 20.9 Å². The molecule has 1 aromatic carbocycles. The van der Waals surface area contributed by atoms with Crippen molar-refractivity contribution in [2.24, 2.45) is 11.5 Å². The van der Waals surface area contributed by atoms with Gasteiger partial charge in [-0.25, -0.2) is 0 Å². The van der Waals surface area contributed by atoms with E-state index in [9.17, 15) is 0 Å². The number of rotatable bonds is 2. The highest BCUT2D eigenvalue weighted by molar-refractivity contribution is 9.10. The van der Waals surface area contributed by atoms with Crippen LogP contribution in [0, 0.1) is 0 Å². The summed E-state index contributed by atoms with van der Waals surface area (Å²) in [6.45, 7) is 0.668. The molecular formula is C9H12BrClN2O2. The van der Waals surface area contributed by atoms with Crippen LogP contribution in [-0.4, -0.2) is 13.3 Å². The molecule has 0 unspecified atom stereocenters. The van der Waals surface area contributed by atoms with Gasteiger partial charge in [0.1, 0.15) is 0 Å². The number of fused-ring (bicyclic) bond motifs is 1. The quantitative estimate of drug-likeness (QED) is 0.868. The van der Waals surface area contributed by atoms with Gasteiger partial charge in [-0.2, -0.15) is 0 Å². The van der Waals surface area contributed by atoms with Gasteiger partial charge >= 0.3 is 0 Å². The van der Waals surface area contributed by atoms with Gasteiger partial charge in [0.2, 0.25) is 6.79 Å². The maximum atomic E-state index is 5.84. The molecule has 84 valence electrons.